The van der Waals surface area contributed by atoms with E-state index in [4.69, 9.17) is 4.74 Å². The third kappa shape index (κ3) is 3.80. The van der Waals surface area contributed by atoms with Gasteiger partial charge in [-0.05, 0) is 18.5 Å². The van der Waals surface area contributed by atoms with Gasteiger partial charge in [0.15, 0.2) is 9.84 Å². The van der Waals surface area contributed by atoms with Crippen LogP contribution in [0.2, 0.25) is 0 Å². The Kier molecular flexibility index (Phi) is 4.64. The van der Waals surface area contributed by atoms with Crippen molar-refractivity contribution in [2.45, 2.75) is 13.0 Å². The van der Waals surface area contributed by atoms with E-state index in [-0.39, 0.29) is 0 Å². The van der Waals surface area contributed by atoms with Crippen molar-refractivity contribution >= 4 is 38.1 Å². The number of carbonyl (C=O) groups excluding carboxylic acids is 2. The summed E-state index contributed by atoms with van der Waals surface area (Å²) in [5.41, 5.74) is 1.20. The van der Waals surface area contributed by atoms with E-state index in [1.54, 1.807) is 0 Å². The van der Waals surface area contributed by atoms with Crippen LogP contribution in [-0.2, 0) is 32.3 Å². The van der Waals surface area contributed by atoms with Gasteiger partial charge in [-0.25, -0.2) is 13.2 Å². The molecule has 0 aliphatic carbocycles. The van der Waals surface area contributed by atoms with Gasteiger partial charge in [-0.15, -0.1) is 11.3 Å². The number of ether oxygens (including phenoxy) is 1. The highest BCUT2D eigenvalue weighted by Crippen LogP contribution is 2.35. The maximum atomic E-state index is 11.9. The van der Waals surface area contributed by atoms with Crippen LogP contribution in [0.25, 0.3) is 0 Å². The lowest BCUT2D eigenvalue weighted by molar-refractivity contribution is -0.113. The Labute approximate surface area is 126 Å². The van der Waals surface area contributed by atoms with Gasteiger partial charge >= 0.3 is 5.97 Å². The van der Waals surface area contributed by atoms with Gasteiger partial charge in [-0.3, -0.25) is 4.79 Å². The van der Waals surface area contributed by atoms with Crippen LogP contribution in [0.1, 0.15) is 20.8 Å². The number of esters is 1. The number of nitrogens with one attached hydrogen (secondary N) is 2. The average Bonchev–Trinajstić information content (AvgIpc) is 2.73. The molecule has 2 N–H and O–H groups in total. The number of fused-ring (bicyclic) bond motifs is 1. The van der Waals surface area contributed by atoms with Crippen LogP contribution in [0.15, 0.2) is 0 Å². The molecule has 1 aromatic rings. The molecule has 0 radical (unpaired) electrons. The van der Waals surface area contributed by atoms with Gasteiger partial charge in [0.05, 0.1) is 12.7 Å². The van der Waals surface area contributed by atoms with Crippen LogP contribution >= 0.6 is 11.3 Å². The summed E-state index contributed by atoms with van der Waals surface area (Å²) in [4.78, 5) is 24.6. The standard InChI is InChI=1S/C12H16N2O5S2/c1-19-12(16)10-7-3-4-13-5-8(7)20-11(10)14-9(15)6-21(2,17)18/h13H,3-6H2,1-2H3,(H,14,15). The Bertz CT molecular complexity index is 678. The number of hydrogen-bond acceptors (Lipinski definition) is 7. The lowest BCUT2D eigenvalue weighted by Crippen LogP contribution is -2.24. The fourth-order valence-corrected chi connectivity index (χ4v) is 3.91. The normalized spacial score (nSPS) is 14.4. The van der Waals surface area contributed by atoms with E-state index in [2.05, 4.69) is 10.6 Å². The molecule has 0 aromatic carbocycles. The minimum Gasteiger partial charge on any atom is -0.465 e. The van der Waals surface area contributed by atoms with Crippen LogP contribution in [-0.4, -0.2) is 46.0 Å². The van der Waals surface area contributed by atoms with Crippen molar-refractivity contribution in [2.75, 3.05) is 31.0 Å². The molecule has 21 heavy (non-hydrogen) atoms. The highest BCUT2D eigenvalue weighted by atomic mass is 32.2. The van der Waals surface area contributed by atoms with Gasteiger partial charge in [0.1, 0.15) is 10.8 Å². The molecule has 1 aliphatic heterocycles. The molecule has 2 rings (SSSR count). The molecule has 0 fully saturated rings. The number of hydrogen-bond donors (Lipinski definition) is 2. The number of methoxy groups -OCH3 is 1. The minimum atomic E-state index is -3.42. The monoisotopic (exact) mass is 332 g/mol. The molecular formula is C12H16N2O5S2. The summed E-state index contributed by atoms with van der Waals surface area (Å²) in [5.74, 6) is -1.80. The van der Waals surface area contributed by atoms with Crippen LogP contribution in [0.4, 0.5) is 5.00 Å². The zero-order chi connectivity index (χ0) is 15.6. The first-order valence-electron chi connectivity index (χ1n) is 6.23. The van der Waals surface area contributed by atoms with Crippen molar-refractivity contribution in [1.29, 1.82) is 0 Å². The summed E-state index contributed by atoms with van der Waals surface area (Å²) in [6, 6.07) is 0. The lowest BCUT2D eigenvalue weighted by atomic mass is 10.0. The first-order chi connectivity index (χ1) is 9.81. The number of anilines is 1. The summed E-state index contributed by atoms with van der Waals surface area (Å²) in [7, 11) is -2.15. The van der Waals surface area contributed by atoms with Crippen LogP contribution in [0.5, 0.6) is 0 Å². The molecule has 1 aromatic heterocycles. The van der Waals surface area contributed by atoms with Gasteiger partial charge < -0.3 is 15.4 Å². The topological polar surface area (TPSA) is 102 Å². The highest BCUT2D eigenvalue weighted by molar-refractivity contribution is 7.91. The molecule has 116 valence electrons. The van der Waals surface area contributed by atoms with E-state index < -0.39 is 27.5 Å². The van der Waals surface area contributed by atoms with E-state index in [9.17, 15) is 18.0 Å². The molecular weight excluding hydrogens is 316 g/mol. The van der Waals surface area contributed by atoms with E-state index in [1.165, 1.54) is 18.4 Å². The van der Waals surface area contributed by atoms with Crippen molar-refractivity contribution in [3.05, 3.63) is 16.0 Å². The van der Waals surface area contributed by atoms with Gasteiger partial charge in [0.2, 0.25) is 5.91 Å². The number of carbonyl (C=O) groups is 2. The molecule has 2 heterocycles. The minimum absolute atomic E-state index is 0.334. The Hall–Kier alpha value is -1.45. The Morgan fingerprint density at radius 2 is 2.14 bits per heavy atom. The van der Waals surface area contributed by atoms with E-state index in [0.29, 0.717) is 23.5 Å². The van der Waals surface area contributed by atoms with Crippen LogP contribution < -0.4 is 10.6 Å². The molecule has 7 nitrogen and oxygen atoms in total. The zero-order valence-corrected chi connectivity index (χ0v) is 13.3. The molecule has 0 unspecified atom stereocenters. The average molecular weight is 332 g/mol. The predicted molar refractivity (Wildman–Crippen MR) is 79.4 cm³/mol. The summed E-state index contributed by atoms with van der Waals surface area (Å²) in [6.45, 7) is 1.36. The maximum Gasteiger partial charge on any atom is 0.341 e. The molecule has 1 aliphatic rings. The first kappa shape index (κ1) is 15.9. The third-order valence-electron chi connectivity index (χ3n) is 2.96. The summed E-state index contributed by atoms with van der Waals surface area (Å²) < 4.78 is 27.0. The van der Waals surface area contributed by atoms with Crippen LogP contribution in [0, 0.1) is 0 Å². The van der Waals surface area contributed by atoms with Crippen LogP contribution in [0.3, 0.4) is 0 Å². The Morgan fingerprint density at radius 1 is 1.43 bits per heavy atom. The van der Waals surface area contributed by atoms with Gasteiger partial charge in [0, 0.05) is 17.7 Å². The molecule has 0 spiro atoms. The van der Waals surface area contributed by atoms with Crippen molar-refractivity contribution in [3.63, 3.8) is 0 Å². The van der Waals surface area contributed by atoms with Gasteiger partial charge in [0.25, 0.3) is 0 Å². The van der Waals surface area contributed by atoms with E-state index >= 15 is 0 Å². The molecule has 1 amide bonds. The van der Waals surface area contributed by atoms with Gasteiger partial charge in [-0.1, -0.05) is 0 Å². The number of amides is 1. The second-order valence-electron chi connectivity index (χ2n) is 4.74. The first-order valence-corrected chi connectivity index (χ1v) is 9.10. The fraction of sp³-hybridized carbons (Fsp3) is 0.500. The second-order valence-corrected chi connectivity index (χ2v) is 7.99. The third-order valence-corrected chi connectivity index (χ3v) is 4.90. The zero-order valence-electron chi connectivity index (χ0n) is 11.7. The number of rotatable bonds is 4. The molecule has 0 saturated carbocycles. The Balaban J connectivity index is 2.32. The number of sulfone groups is 1. The molecule has 0 atom stereocenters. The van der Waals surface area contributed by atoms with Crippen molar-refractivity contribution < 1.29 is 22.7 Å². The number of thiophene rings is 1. The second kappa shape index (κ2) is 6.12. The quantitative estimate of drug-likeness (QED) is 0.762. The van der Waals surface area contributed by atoms with Crippen molar-refractivity contribution in [1.82, 2.24) is 5.32 Å². The maximum absolute atomic E-state index is 11.9. The van der Waals surface area contributed by atoms with Crippen molar-refractivity contribution in [3.8, 4) is 0 Å². The van der Waals surface area contributed by atoms with E-state index in [0.717, 1.165) is 23.2 Å². The Morgan fingerprint density at radius 3 is 2.76 bits per heavy atom. The summed E-state index contributed by atoms with van der Waals surface area (Å²) in [5, 5.41) is 6.04. The lowest BCUT2D eigenvalue weighted by Gasteiger charge is -2.13. The molecule has 9 heteroatoms. The largest absolute Gasteiger partial charge is 0.465 e. The highest BCUT2D eigenvalue weighted by Gasteiger charge is 2.27. The summed E-state index contributed by atoms with van der Waals surface area (Å²) in [6.07, 6.45) is 1.65. The smallest absolute Gasteiger partial charge is 0.341 e. The fourth-order valence-electron chi connectivity index (χ4n) is 2.14. The molecule has 0 saturated heterocycles. The van der Waals surface area contributed by atoms with Gasteiger partial charge in [-0.2, -0.15) is 0 Å². The predicted octanol–water partition coefficient (Wildman–Crippen LogP) is 0.164. The van der Waals surface area contributed by atoms with E-state index in [1.807, 2.05) is 0 Å². The SMILES string of the molecule is COC(=O)c1c(NC(=O)CS(C)(=O)=O)sc2c1CCNC2. The summed E-state index contributed by atoms with van der Waals surface area (Å²) >= 11 is 1.27. The molecule has 0 bridgehead atoms. The van der Waals surface area contributed by atoms with Crippen molar-refractivity contribution in [2.24, 2.45) is 0 Å².